The maximum Gasteiger partial charge on any atom is 0.254 e. The number of halogens is 2. The van der Waals surface area contributed by atoms with Crippen LogP contribution in [-0.4, -0.2) is 73.9 Å². The Bertz CT molecular complexity index is 1350. The lowest BCUT2D eigenvalue weighted by Gasteiger charge is -2.42. The standard InChI is InChI=1S/C36H50Cl2N2O4Si/c1-23-21-39(22-24(2)43-23)34(41)26-10-8-25(9-11-26)28-19-32(37)31(33(38)20-28)18-27-16-17-40(35(27)42)29-12-14-30(15-13-29)44-45(6,7)36(3,4)5/h8-11,19-20,23-24,27,29-30H,12-18,21-22H2,1-7H3/t23-,24+,27?,29?,30?. The Morgan fingerprint density at radius 3 is 2.07 bits per heavy atom. The topological polar surface area (TPSA) is 59.1 Å². The molecule has 0 bridgehead atoms. The Hall–Kier alpha value is -1.90. The fourth-order valence-electron chi connectivity index (χ4n) is 6.93. The molecular formula is C36H50Cl2N2O4Si. The van der Waals surface area contributed by atoms with Crippen LogP contribution >= 0.6 is 23.2 Å². The zero-order valence-electron chi connectivity index (χ0n) is 28.0. The van der Waals surface area contributed by atoms with Gasteiger partial charge in [0.15, 0.2) is 8.32 Å². The zero-order valence-corrected chi connectivity index (χ0v) is 30.5. The Morgan fingerprint density at radius 1 is 0.933 bits per heavy atom. The van der Waals surface area contributed by atoms with Gasteiger partial charge in [-0.05, 0) is 111 Å². The molecule has 2 aliphatic heterocycles. The molecule has 0 aromatic heterocycles. The zero-order chi connectivity index (χ0) is 32.7. The number of carbonyl (C=O) groups excluding carboxylic acids is 2. The fraction of sp³-hybridized carbons (Fsp3) is 0.611. The van der Waals surface area contributed by atoms with Gasteiger partial charge in [0.25, 0.3) is 5.91 Å². The quantitative estimate of drug-likeness (QED) is 0.276. The van der Waals surface area contributed by atoms with Crippen molar-refractivity contribution in [2.45, 2.75) is 116 Å². The van der Waals surface area contributed by atoms with E-state index in [1.807, 2.05) is 55.1 Å². The number of hydrogen-bond acceptors (Lipinski definition) is 4. The summed E-state index contributed by atoms with van der Waals surface area (Å²) >= 11 is 13.6. The molecule has 45 heavy (non-hydrogen) atoms. The molecule has 2 aromatic carbocycles. The number of nitrogens with zero attached hydrogens (tertiary/aromatic N) is 2. The fourth-order valence-corrected chi connectivity index (χ4v) is 8.99. The van der Waals surface area contributed by atoms with Gasteiger partial charge in [-0.15, -0.1) is 0 Å². The molecule has 2 heterocycles. The molecule has 0 spiro atoms. The summed E-state index contributed by atoms with van der Waals surface area (Å²) in [6, 6.07) is 11.7. The van der Waals surface area contributed by atoms with Gasteiger partial charge in [-0.1, -0.05) is 56.1 Å². The van der Waals surface area contributed by atoms with Crippen molar-refractivity contribution in [3.05, 3.63) is 57.6 Å². The molecule has 2 aromatic rings. The summed E-state index contributed by atoms with van der Waals surface area (Å²) in [4.78, 5) is 30.6. The van der Waals surface area contributed by atoms with Crippen molar-refractivity contribution in [3.63, 3.8) is 0 Å². The van der Waals surface area contributed by atoms with Gasteiger partial charge in [-0.2, -0.15) is 0 Å². The predicted molar refractivity (Wildman–Crippen MR) is 186 cm³/mol. The van der Waals surface area contributed by atoms with Crippen LogP contribution in [0.15, 0.2) is 36.4 Å². The summed E-state index contributed by atoms with van der Waals surface area (Å²) in [5.74, 6) is 0.130. The third-order valence-corrected chi connectivity index (χ3v) is 15.7. The number of amides is 2. The van der Waals surface area contributed by atoms with Crippen molar-refractivity contribution in [3.8, 4) is 11.1 Å². The SMILES string of the molecule is C[C@@H]1CN(C(=O)c2ccc(-c3cc(Cl)c(CC4CCN(C5CCC(O[Si](C)(C)C(C)(C)C)CC5)C4=O)c(Cl)c3)cc2)C[C@H](C)O1. The molecule has 2 saturated heterocycles. The Morgan fingerprint density at radius 2 is 1.51 bits per heavy atom. The van der Waals surface area contributed by atoms with Gasteiger partial charge in [0.1, 0.15) is 0 Å². The minimum absolute atomic E-state index is 0.0118. The second-order valence-electron chi connectivity index (χ2n) is 15.0. The van der Waals surface area contributed by atoms with Crippen LogP contribution in [0.5, 0.6) is 0 Å². The molecule has 3 aliphatic rings. The van der Waals surface area contributed by atoms with E-state index in [0.29, 0.717) is 47.3 Å². The van der Waals surface area contributed by atoms with E-state index in [9.17, 15) is 9.59 Å². The van der Waals surface area contributed by atoms with E-state index < -0.39 is 8.32 Å². The van der Waals surface area contributed by atoms with E-state index in [4.69, 9.17) is 32.4 Å². The summed E-state index contributed by atoms with van der Waals surface area (Å²) in [5.41, 5.74) is 3.30. The molecule has 5 rings (SSSR count). The molecule has 0 N–H and O–H groups in total. The van der Waals surface area contributed by atoms with Crippen molar-refractivity contribution < 1.29 is 18.8 Å². The van der Waals surface area contributed by atoms with Crippen LogP contribution in [0.25, 0.3) is 11.1 Å². The lowest BCUT2D eigenvalue weighted by molar-refractivity contribution is -0.133. The lowest BCUT2D eigenvalue weighted by atomic mass is 9.92. The molecule has 3 atom stereocenters. The van der Waals surface area contributed by atoms with E-state index in [2.05, 4.69) is 38.8 Å². The Balaban J connectivity index is 1.18. The highest BCUT2D eigenvalue weighted by molar-refractivity contribution is 6.74. The normalized spacial score (nSPS) is 26.4. The lowest BCUT2D eigenvalue weighted by Crippen LogP contribution is -2.48. The summed E-state index contributed by atoms with van der Waals surface area (Å²) in [5, 5.41) is 1.35. The minimum Gasteiger partial charge on any atom is -0.414 e. The first-order valence-electron chi connectivity index (χ1n) is 16.6. The van der Waals surface area contributed by atoms with E-state index in [1.165, 1.54) is 0 Å². The smallest absolute Gasteiger partial charge is 0.254 e. The third-order valence-electron chi connectivity index (χ3n) is 10.5. The van der Waals surface area contributed by atoms with Crippen LogP contribution in [0.2, 0.25) is 28.2 Å². The largest absolute Gasteiger partial charge is 0.414 e. The van der Waals surface area contributed by atoms with Gasteiger partial charge in [-0.3, -0.25) is 9.59 Å². The second-order valence-corrected chi connectivity index (χ2v) is 20.6. The molecule has 1 aliphatic carbocycles. The van der Waals surface area contributed by atoms with E-state index in [0.717, 1.165) is 55.3 Å². The number of carbonyl (C=O) groups is 2. The number of ether oxygens (including phenoxy) is 1. The maximum absolute atomic E-state index is 13.6. The molecule has 246 valence electrons. The summed E-state index contributed by atoms with van der Waals surface area (Å²) < 4.78 is 12.5. The Labute approximate surface area is 280 Å². The van der Waals surface area contributed by atoms with Gasteiger partial charge in [0.2, 0.25) is 5.91 Å². The second kappa shape index (κ2) is 13.7. The number of rotatable bonds is 7. The molecule has 9 heteroatoms. The van der Waals surface area contributed by atoms with E-state index >= 15 is 0 Å². The van der Waals surface area contributed by atoms with Crippen molar-refractivity contribution in [2.24, 2.45) is 5.92 Å². The maximum atomic E-state index is 13.6. The Kier molecular flexibility index (Phi) is 10.5. The van der Waals surface area contributed by atoms with Crippen LogP contribution in [0, 0.1) is 5.92 Å². The number of benzene rings is 2. The highest BCUT2D eigenvalue weighted by atomic mass is 35.5. The van der Waals surface area contributed by atoms with Gasteiger partial charge in [0.05, 0.1) is 12.2 Å². The van der Waals surface area contributed by atoms with Crippen LogP contribution in [0.1, 0.15) is 82.6 Å². The van der Waals surface area contributed by atoms with Gasteiger partial charge in [0, 0.05) is 53.3 Å². The summed E-state index contributed by atoms with van der Waals surface area (Å²) in [6.07, 6.45) is 5.76. The first-order chi connectivity index (χ1) is 21.1. The van der Waals surface area contributed by atoms with Crippen LogP contribution in [0.4, 0.5) is 0 Å². The molecule has 6 nitrogen and oxygen atoms in total. The van der Waals surface area contributed by atoms with Crippen molar-refractivity contribution in [1.29, 1.82) is 0 Å². The summed E-state index contributed by atoms with van der Waals surface area (Å²) in [7, 11) is -1.79. The number of morpholine rings is 1. The summed E-state index contributed by atoms with van der Waals surface area (Å²) in [6.45, 7) is 17.5. The van der Waals surface area contributed by atoms with Crippen molar-refractivity contribution in [1.82, 2.24) is 9.80 Å². The van der Waals surface area contributed by atoms with Crippen LogP contribution in [0.3, 0.4) is 0 Å². The molecular weight excluding hydrogens is 623 g/mol. The molecule has 2 amide bonds. The average molecular weight is 674 g/mol. The van der Waals surface area contributed by atoms with Gasteiger partial charge < -0.3 is 19.0 Å². The van der Waals surface area contributed by atoms with Crippen molar-refractivity contribution >= 4 is 43.3 Å². The van der Waals surface area contributed by atoms with E-state index in [-0.39, 0.29) is 35.0 Å². The van der Waals surface area contributed by atoms with Gasteiger partial charge in [-0.25, -0.2) is 0 Å². The number of likely N-dealkylation sites (tertiary alicyclic amines) is 1. The molecule has 0 radical (unpaired) electrons. The molecule has 1 unspecified atom stereocenters. The first kappa shape index (κ1) is 34.4. The molecule has 1 saturated carbocycles. The first-order valence-corrected chi connectivity index (χ1v) is 20.3. The number of hydrogen-bond donors (Lipinski definition) is 0. The minimum atomic E-state index is -1.79. The average Bonchev–Trinajstić information content (AvgIpc) is 3.33. The molecule has 3 fully saturated rings. The van der Waals surface area contributed by atoms with E-state index in [1.54, 1.807) is 0 Å². The van der Waals surface area contributed by atoms with Crippen LogP contribution < -0.4 is 0 Å². The van der Waals surface area contributed by atoms with Gasteiger partial charge >= 0.3 is 0 Å². The van der Waals surface area contributed by atoms with Crippen molar-refractivity contribution in [2.75, 3.05) is 19.6 Å². The monoisotopic (exact) mass is 672 g/mol. The predicted octanol–water partition coefficient (Wildman–Crippen LogP) is 8.63. The third kappa shape index (κ3) is 7.81. The highest BCUT2D eigenvalue weighted by Crippen LogP contribution is 2.41. The van der Waals surface area contributed by atoms with Crippen LogP contribution in [-0.2, 0) is 20.4 Å². The highest BCUT2D eigenvalue weighted by Gasteiger charge is 2.42.